The molecule has 0 aromatic rings. The van der Waals surface area contributed by atoms with Crippen LogP contribution in [0.1, 0.15) is 40.5 Å². The Bertz CT molecular complexity index is 136. The van der Waals surface area contributed by atoms with E-state index in [0.717, 1.165) is 12.8 Å². The normalized spacial score (nSPS) is 38.5. The lowest BCUT2D eigenvalue weighted by Crippen LogP contribution is -2.19. The summed E-state index contributed by atoms with van der Waals surface area (Å²) in [5.74, 6) is 0.518. The fourth-order valence-corrected chi connectivity index (χ4v) is 1.50. The molecule has 1 aliphatic rings. The predicted molar refractivity (Wildman–Crippen MR) is 49.0 cm³/mol. The second kappa shape index (κ2) is 4.24. The molecule has 0 aliphatic carbocycles. The van der Waals surface area contributed by atoms with Crippen LogP contribution in [-0.2, 0) is 9.47 Å². The van der Waals surface area contributed by atoms with Gasteiger partial charge in [0.25, 0.3) is 0 Å². The largest absolute Gasteiger partial charge is 0.347 e. The monoisotopic (exact) mass is 172 g/mol. The maximum atomic E-state index is 5.75. The van der Waals surface area contributed by atoms with Crippen molar-refractivity contribution in [3.05, 3.63) is 0 Å². The van der Waals surface area contributed by atoms with E-state index in [1.54, 1.807) is 0 Å². The van der Waals surface area contributed by atoms with Crippen LogP contribution in [0.4, 0.5) is 0 Å². The summed E-state index contributed by atoms with van der Waals surface area (Å²) in [5, 5.41) is 0. The molecule has 0 aromatic heterocycles. The molecule has 0 radical (unpaired) electrons. The van der Waals surface area contributed by atoms with Crippen LogP contribution in [0.5, 0.6) is 0 Å². The van der Waals surface area contributed by atoms with Crippen LogP contribution in [0, 0.1) is 5.92 Å². The number of hydrogen-bond donors (Lipinski definition) is 0. The first-order valence-electron chi connectivity index (χ1n) is 4.99. The van der Waals surface area contributed by atoms with Gasteiger partial charge in [0, 0.05) is 5.92 Å². The molecular formula is C10H20O2. The van der Waals surface area contributed by atoms with Crippen LogP contribution >= 0.6 is 0 Å². The average Bonchev–Trinajstić information content (AvgIpc) is 2.45. The van der Waals surface area contributed by atoms with E-state index in [4.69, 9.17) is 9.47 Å². The van der Waals surface area contributed by atoms with Gasteiger partial charge in [-0.15, -0.1) is 0 Å². The Labute approximate surface area is 75.2 Å². The molecule has 1 aliphatic heterocycles. The van der Waals surface area contributed by atoms with Gasteiger partial charge in [0.1, 0.15) is 0 Å². The van der Waals surface area contributed by atoms with E-state index in [0.29, 0.717) is 12.0 Å². The zero-order valence-electron chi connectivity index (χ0n) is 8.54. The Morgan fingerprint density at radius 3 is 2.33 bits per heavy atom. The molecule has 0 saturated carbocycles. The molecule has 72 valence electrons. The number of rotatable bonds is 3. The van der Waals surface area contributed by atoms with Crippen molar-refractivity contribution < 1.29 is 9.47 Å². The van der Waals surface area contributed by atoms with Crippen LogP contribution in [-0.4, -0.2) is 18.5 Å². The lowest BCUT2D eigenvalue weighted by atomic mass is 10.1. The lowest BCUT2D eigenvalue weighted by Gasteiger charge is -2.16. The van der Waals surface area contributed by atoms with Gasteiger partial charge in [0.2, 0.25) is 0 Å². The summed E-state index contributed by atoms with van der Waals surface area (Å²) in [7, 11) is 0. The van der Waals surface area contributed by atoms with E-state index in [1.165, 1.54) is 0 Å². The van der Waals surface area contributed by atoms with Crippen molar-refractivity contribution in [2.75, 3.05) is 0 Å². The molecule has 0 aromatic carbocycles. The van der Waals surface area contributed by atoms with Crippen molar-refractivity contribution in [1.82, 2.24) is 0 Å². The average molecular weight is 172 g/mol. The van der Waals surface area contributed by atoms with Gasteiger partial charge in [-0.3, -0.25) is 0 Å². The zero-order chi connectivity index (χ0) is 9.14. The minimum absolute atomic E-state index is 0.0370. The third kappa shape index (κ3) is 1.99. The Hall–Kier alpha value is -0.0800. The van der Waals surface area contributed by atoms with Crippen LogP contribution in [0.15, 0.2) is 0 Å². The van der Waals surface area contributed by atoms with Crippen molar-refractivity contribution in [3.8, 4) is 0 Å². The highest BCUT2D eigenvalue weighted by molar-refractivity contribution is 4.74. The molecule has 0 spiro atoms. The summed E-state index contributed by atoms with van der Waals surface area (Å²) in [4.78, 5) is 0. The van der Waals surface area contributed by atoms with E-state index in [-0.39, 0.29) is 12.4 Å². The summed E-state index contributed by atoms with van der Waals surface area (Å²) in [6.07, 6.45) is 2.79. The Morgan fingerprint density at radius 2 is 1.92 bits per heavy atom. The van der Waals surface area contributed by atoms with Crippen LogP contribution < -0.4 is 0 Å². The predicted octanol–water partition coefficient (Wildman–Crippen LogP) is 2.57. The van der Waals surface area contributed by atoms with Crippen molar-refractivity contribution in [3.63, 3.8) is 0 Å². The van der Waals surface area contributed by atoms with Gasteiger partial charge in [0.15, 0.2) is 6.29 Å². The molecule has 12 heavy (non-hydrogen) atoms. The molecule has 4 atom stereocenters. The highest BCUT2D eigenvalue weighted by Crippen LogP contribution is 2.27. The second-order valence-electron chi connectivity index (χ2n) is 3.68. The van der Waals surface area contributed by atoms with Gasteiger partial charge in [-0.05, 0) is 19.8 Å². The Kier molecular flexibility index (Phi) is 3.53. The molecule has 2 heteroatoms. The molecule has 1 saturated heterocycles. The van der Waals surface area contributed by atoms with Gasteiger partial charge in [-0.2, -0.15) is 0 Å². The van der Waals surface area contributed by atoms with Crippen molar-refractivity contribution in [2.45, 2.75) is 59.0 Å². The Balaban J connectivity index is 2.42. The fourth-order valence-electron chi connectivity index (χ4n) is 1.50. The topological polar surface area (TPSA) is 18.5 Å². The van der Waals surface area contributed by atoms with Crippen molar-refractivity contribution in [2.24, 2.45) is 5.92 Å². The van der Waals surface area contributed by atoms with Crippen LogP contribution in [0.3, 0.4) is 0 Å². The quantitative estimate of drug-likeness (QED) is 0.651. The molecule has 0 N–H and O–H groups in total. The highest BCUT2D eigenvalue weighted by Gasteiger charge is 2.33. The SMILES string of the molecule is CCC(C)[C@@H]1OC(CC)[C@@H](C)O1. The summed E-state index contributed by atoms with van der Waals surface area (Å²) in [6, 6.07) is 0. The summed E-state index contributed by atoms with van der Waals surface area (Å²) < 4.78 is 11.4. The zero-order valence-corrected chi connectivity index (χ0v) is 8.54. The summed E-state index contributed by atoms with van der Waals surface area (Å²) >= 11 is 0. The molecule has 0 amide bonds. The van der Waals surface area contributed by atoms with E-state index < -0.39 is 0 Å². The summed E-state index contributed by atoms with van der Waals surface area (Å²) in [6.45, 7) is 8.58. The van der Waals surface area contributed by atoms with Gasteiger partial charge >= 0.3 is 0 Å². The van der Waals surface area contributed by atoms with Gasteiger partial charge in [-0.25, -0.2) is 0 Å². The van der Waals surface area contributed by atoms with Crippen molar-refractivity contribution in [1.29, 1.82) is 0 Å². The molecular weight excluding hydrogens is 152 g/mol. The number of hydrogen-bond acceptors (Lipinski definition) is 2. The van der Waals surface area contributed by atoms with E-state index in [1.807, 2.05) is 0 Å². The number of ether oxygens (including phenoxy) is 2. The standard InChI is InChI=1S/C10H20O2/c1-5-7(3)10-11-8(4)9(6-2)12-10/h7-10H,5-6H2,1-4H3/t7?,8-,9?,10+/m1/s1. The van der Waals surface area contributed by atoms with E-state index >= 15 is 0 Å². The molecule has 1 rings (SSSR count). The third-order valence-electron chi connectivity index (χ3n) is 2.69. The van der Waals surface area contributed by atoms with Gasteiger partial charge in [0.05, 0.1) is 12.2 Å². The first-order valence-corrected chi connectivity index (χ1v) is 4.99. The fraction of sp³-hybridized carbons (Fsp3) is 1.00. The van der Waals surface area contributed by atoms with Crippen LogP contribution in [0.2, 0.25) is 0 Å². The molecule has 1 heterocycles. The first kappa shape index (κ1) is 10.0. The summed E-state index contributed by atoms with van der Waals surface area (Å²) in [5.41, 5.74) is 0. The molecule has 2 unspecified atom stereocenters. The third-order valence-corrected chi connectivity index (χ3v) is 2.69. The van der Waals surface area contributed by atoms with E-state index in [2.05, 4.69) is 27.7 Å². The first-order chi connectivity index (χ1) is 5.69. The molecule has 1 fully saturated rings. The smallest absolute Gasteiger partial charge is 0.161 e. The minimum atomic E-state index is 0.0370. The maximum Gasteiger partial charge on any atom is 0.161 e. The van der Waals surface area contributed by atoms with Gasteiger partial charge in [-0.1, -0.05) is 20.8 Å². The lowest BCUT2D eigenvalue weighted by molar-refractivity contribution is -0.0990. The second-order valence-corrected chi connectivity index (χ2v) is 3.68. The Morgan fingerprint density at radius 1 is 1.25 bits per heavy atom. The van der Waals surface area contributed by atoms with Crippen molar-refractivity contribution >= 4 is 0 Å². The highest BCUT2D eigenvalue weighted by atomic mass is 16.7. The van der Waals surface area contributed by atoms with Crippen LogP contribution in [0.25, 0.3) is 0 Å². The maximum absolute atomic E-state index is 5.75. The minimum Gasteiger partial charge on any atom is -0.347 e. The van der Waals surface area contributed by atoms with Gasteiger partial charge < -0.3 is 9.47 Å². The molecule has 2 nitrogen and oxygen atoms in total. The van der Waals surface area contributed by atoms with E-state index in [9.17, 15) is 0 Å². The molecule has 0 bridgehead atoms.